The maximum absolute atomic E-state index is 14.2. The van der Waals surface area contributed by atoms with E-state index in [2.05, 4.69) is 52.4 Å². The van der Waals surface area contributed by atoms with Gasteiger partial charge >= 0.3 is 7.82 Å². The van der Waals surface area contributed by atoms with Crippen LogP contribution in [0.15, 0.2) is 0 Å². The first kappa shape index (κ1) is 113. The van der Waals surface area contributed by atoms with Crippen molar-refractivity contribution in [3.63, 3.8) is 0 Å². The highest BCUT2D eigenvalue weighted by molar-refractivity contribution is 7.47. The number of unbranched alkanes of at least 4 members (excludes halogenated alkanes) is 14. The Balaban J connectivity index is 1.59. The molecule has 3 fully saturated rings. The predicted molar refractivity (Wildman–Crippen MR) is 447 cm³/mol. The van der Waals surface area contributed by atoms with Crippen LogP contribution in [0, 0.1) is 5.41 Å². The molecule has 7 unspecified atom stereocenters. The van der Waals surface area contributed by atoms with Crippen LogP contribution in [0.4, 0.5) is 0 Å². The number of ketones is 2. The van der Waals surface area contributed by atoms with Gasteiger partial charge in [-0.3, -0.25) is 61.8 Å². The summed E-state index contributed by atoms with van der Waals surface area (Å²) in [6.45, 7) is 3.43. The lowest BCUT2D eigenvalue weighted by atomic mass is 9.83. The van der Waals surface area contributed by atoms with Gasteiger partial charge in [0, 0.05) is 157 Å². The molecule has 3 rings (SSSR count). The van der Waals surface area contributed by atoms with Gasteiger partial charge in [0.05, 0.1) is 66.1 Å². The van der Waals surface area contributed by atoms with Crippen molar-refractivity contribution in [1.29, 1.82) is 0 Å². The minimum absolute atomic E-state index is 0.0125. The summed E-state index contributed by atoms with van der Waals surface area (Å²) in [7, 11) is -2.89. The number of rotatable bonds is 74. The lowest BCUT2D eigenvalue weighted by Gasteiger charge is -2.42. The first-order valence-electron chi connectivity index (χ1n) is 44.3. The summed E-state index contributed by atoms with van der Waals surface area (Å²) in [5, 5.41) is 116. The third-order valence-electron chi connectivity index (χ3n) is 21.0. The Bertz CT molecular complexity index is 2880. The number of aliphatic hydroxyl groups excluding tert-OH is 9. The average Bonchev–Trinajstić information content (AvgIpc) is 0.748. The Hall–Kier alpha value is -6.04. The number of hydrogen-bond donors (Lipinski definition) is 19. The molecule has 43 heteroatoms. The molecule has 0 aromatic heterocycles. The van der Waals surface area contributed by atoms with Crippen LogP contribution in [0.25, 0.3) is 0 Å². The molecule has 3 saturated heterocycles. The van der Waals surface area contributed by atoms with Crippen molar-refractivity contribution in [1.82, 2.24) is 47.9 Å². The van der Waals surface area contributed by atoms with Crippen molar-refractivity contribution >= 4 is 72.6 Å². The molecule has 0 aliphatic carbocycles. The molecule has 9 amide bonds. The fourth-order valence-corrected chi connectivity index (χ4v) is 14.4. The number of carbonyl (C=O) groups is 11. The summed E-state index contributed by atoms with van der Waals surface area (Å²) >= 11 is 0. The van der Waals surface area contributed by atoms with E-state index in [9.17, 15) is 108 Å². The van der Waals surface area contributed by atoms with Crippen LogP contribution in [-0.4, -0.2) is 340 Å². The summed E-state index contributed by atoms with van der Waals surface area (Å²) in [6, 6.07) is -3.29. The largest absolute Gasteiger partial charge is 0.471 e. The van der Waals surface area contributed by atoms with Gasteiger partial charge in [-0.1, -0.05) is 51.4 Å². The molecule has 0 aromatic carbocycles. The molecule has 724 valence electrons. The second-order valence-electron chi connectivity index (χ2n) is 31.9. The number of nitrogens with one attached hydrogen (secondary N) is 9. The Labute approximate surface area is 733 Å². The molecule has 19 N–H and O–H groups in total. The number of phosphoric ester groups is 1. The summed E-state index contributed by atoms with van der Waals surface area (Å²) in [6.07, 6.45) is -0.812. The van der Waals surface area contributed by atoms with E-state index in [1.54, 1.807) is 0 Å². The monoisotopic (exact) mass is 1820 g/mol. The van der Waals surface area contributed by atoms with Crippen molar-refractivity contribution in [2.75, 3.05) is 132 Å². The van der Waals surface area contributed by atoms with E-state index < -0.39 is 143 Å². The fraction of sp³-hybridized carbons (Fsp3) is 0.866. The quantitative estimate of drug-likeness (QED) is 0.0256. The molecule has 3 heterocycles. The lowest BCUT2D eigenvalue weighted by Crippen LogP contribution is -2.64. The van der Waals surface area contributed by atoms with E-state index in [4.69, 9.17) is 47.2 Å². The van der Waals surface area contributed by atoms with E-state index in [0.29, 0.717) is 96.6 Å². The fourth-order valence-electron chi connectivity index (χ4n) is 13.9. The van der Waals surface area contributed by atoms with Gasteiger partial charge in [0.2, 0.25) is 53.2 Å². The van der Waals surface area contributed by atoms with Crippen LogP contribution in [0.3, 0.4) is 0 Å². The number of aliphatic hydroxyl groups is 9. The van der Waals surface area contributed by atoms with Crippen molar-refractivity contribution in [2.24, 2.45) is 5.41 Å². The standard InChI is InChI=1S/C82H148N9O33P/c1-56(95)89-70-76(109)73(106)61(50-92)122-79(70)118-42-22-16-30-65(101)84-37-20-15-27-59(98)33-46-115-53-82(49-60(99)28-13-9-7-5-6-8-10-14-29-64(100)83-36-19-11-12-21-45-121-125(112,113)114-4,54-116-47-34-68(104)87-40-25-38-85-66(102)31-17-23-43-119-80-71(90-57(2)96)77(110)74(107)62(51-93)123-80)55-117-48-35-69(105)88-41-26-39-86-67(103)32-18-24-44-120-81-72(91-58(3)97)78(111)75(108)63(52-94)124-81/h61-63,70-81,92-94,106-111H,5-55H2,1-4H3,(H,83,100)(H,84,101)(H,85,102)(H,86,103)(H,87,104)(H,88,105)(H,89,95)(H,90,96)(H,91,97)(H,112,113)/t61?,62?,63?,70?,71?,72?,73-,74-,75-,76-,77-,78-,79-,80-,81-,82?/m1/s1. The van der Waals surface area contributed by atoms with Gasteiger partial charge in [-0.2, -0.15) is 0 Å². The van der Waals surface area contributed by atoms with E-state index in [1.807, 2.05) is 0 Å². The highest BCUT2D eigenvalue weighted by Gasteiger charge is 2.48. The minimum Gasteiger partial charge on any atom is -0.394 e. The number of ether oxygens (including phenoxy) is 9. The molecule has 125 heavy (non-hydrogen) atoms. The Kier molecular flexibility index (Phi) is 60.8. The smallest absolute Gasteiger partial charge is 0.394 e. The maximum Gasteiger partial charge on any atom is 0.471 e. The minimum atomic E-state index is -3.99. The van der Waals surface area contributed by atoms with Crippen molar-refractivity contribution in [3.8, 4) is 0 Å². The van der Waals surface area contributed by atoms with Crippen molar-refractivity contribution < 1.29 is 160 Å². The zero-order chi connectivity index (χ0) is 92.2. The molecule has 0 bridgehead atoms. The van der Waals surface area contributed by atoms with Crippen LogP contribution >= 0.6 is 7.82 Å². The summed E-state index contributed by atoms with van der Waals surface area (Å²) < 4.78 is 73.2. The molecular formula is C82H148N9O33P. The van der Waals surface area contributed by atoms with E-state index in [0.717, 1.165) is 71.3 Å². The highest BCUT2D eigenvalue weighted by atomic mass is 31.2. The molecular weight excluding hydrogens is 1670 g/mol. The molecule has 0 radical (unpaired) electrons. The van der Waals surface area contributed by atoms with Crippen LogP contribution in [0.2, 0.25) is 0 Å². The third-order valence-corrected chi connectivity index (χ3v) is 21.9. The second kappa shape index (κ2) is 67.2. The van der Waals surface area contributed by atoms with Crippen LogP contribution in [0.1, 0.15) is 226 Å². The lowest BCUT2D eigenvalue weighted by molar-refractivity contribution is -0.270. The van der Waals surface area contributed by atoms with E-state index in [1.165, 1.54) is 20.8 Å². The number of amides is 9. The van der Waals surface area contributed by atoms with Crippen molar-refractivity contribution in [3.05, 3.63) is 0 Å². The van der Waals surface area contributed by atoms with Gasteiger partial charge in [0.1, 0.15) is 84.6 Å². The van der Waals surface area contributed by atoms with Crippen molar-refractivity contribution in [2.45, 2.75) is 318 Å². The summed E-state index contributed by atoms with van der Waals surface area (Å²) in [5.74, 6) is -3.15. The zero-order valence-electron chi connectivity index (χ0n) is 73.5. The van der Waals surface area contributed by atoms with Gasteiger partial charge < -0.3 is 141 Å². The number of carbonyl (C=O) groups excluding carboxylic acids is 11. The molecule has 0 spiro atoms. The van der Waals surface area contributed by atoms with Crippen LogP contribution in [-0.2, 0) is 109 Å². The molecule has 3 aliphatic rings. The van der Waals surface area contributed by atoms with Gasteiger partial charge in [-0.25, -0.2) is 4.57 Å². The average molecular weight is 1820 g/mol. The number of hydrogen-bond acceptors (Lipinski definition) is 32. The molecule has 42 nitrogen and oxygen atoms in total. The van der Waals surface area contributed by atoms with Gasteiger partial charge in [0.15, 0.2) is 18.9 Å². The van der Waals surface area contributed by atoms with E-state index >= 15 is 0 Å². The Morgan fingerprint density at radius 2 is 0.600 bits per heavy atom. The van der Waals surface area contributed by atoms with Crippen LogP contribution < -0.4 is 47.9 Å². The highest BCUT2D eigenvalue weighted by Crippen LogP contribution is 2.42. The first-order valence-corrected chi connectivity index (χ1v) is 45.8. The van der Waals surface area contributed by atoms with E-state index in [-0.39, 0.29) is 197 Å². The Morgan fingerprint density at radius 3 is 0.944 bits per heavy atom. The number of phosphoric acid groups is 1. The first-order chi connectivity index (χ1) is 59.9. The number of Topliss-reactive ketones (excluding diaryl/α,β-unsaturated/α-hetero) is 2. The van der Waals surface area contributed by atoms with Gasteiger partial charge in [-0.15, -0.1) is 0 Å². The summed E-state index contributed by atoms with van der Waals surface area (Å²) in [5.41, 5.74) is -1.17. The third kappa shape index (κ3) is 50.7. The second-order valence-corrected chi connectivity index (χ2v) is 33.5. The van der Waals surface area contributed by atoms with Crippen LogP contribution in [0.5, 0.6) is 0 Å². The molecule has 0 aromatic rings. The topological polar surface area (TPSA) is 617 Å². The molecule has 3 aliphatic heterocycles. The molecule has 16 atom stereocenters. The maximum atomic E-state index is 14.2. The van der Waals surface area contributed by atoms with Gasteiger partial charge in [0.25, 0.3) is 0 Å². The zero-order valence-corrected chi connectivity index (χ0v) is 74.4. The normalized spacial score (nSPS) is 23.4. The van der Waals surface area contributed by atoms with Gasteiger partial charge in [-0.05, 0) is 89.9 Å². The summed E-state index contributed by atoms with van der Waals surface area (Å²) in [4.78, 5) is 149. The molecule has 0 saturated carbocycles. The Morgan fingerprint density at radius 1 is 0.328 bits per heavy atom. The SMILES string of the molecule is COP(=O)(O)OCCCCCCNC(=O)CCCCCCCCCCC(=O)CC(COCCC(=O)CCCCNC(=O)CCCCO[C@@H]1OC(CO)[C@@H](O)[C@H](O)C1NC(C)=O)(COCCC(=O)NCCCNC(=O)CCCCO[C@@H]1OC(CO)[C@@H](O)[C@H](O)C1NC(C)=O)COCCC(=O)NCCCNC(=O)CCCCO[C@@H]1OC(CO)[C@@H](O)[C@H](O)C1NC(C)=O. The predicted octanol–water partition coefficient (Wildman–Crippen LogP) is -1.01.